The second kappa shape index (κ2) is 19.7. The van der Waals surface area contributed by atoms with Gasteiger partial charge in [-0.1, -0.05) is 83.1 Å². The van der Waals surface area contributed by atoms with Gasteiger partial charge >= 0.3 is 0 Å². The van der Waals surface area contributed by atoms with Gasteiger partial charge < -0.3 is 29.9 Å². The summed E-state index contributed by atoms with van der Waals surface area (Å²) in [7, 11) is 0. The van der Waals surface area contributed by atoms with E-state index in [1.54, 1.807) is 36.4 Å². The second-order valence-electron chi connectivity index (χ2n) is 18.5. The molecule has 8 nitrogen and oxygen atoms in total. The number of rotatable bonds is 14. The minimum Gasteiger partial charge on any atom is -0.508 e. The van der Waals surface area contributed by atoms with Crippen molar-refractivity contribution in [2.24, 2.45) is 0 Å². The molecule has 0 aromatic heterocycles. The van der Waals surface area contributed by atoms with Crippen molar-refractivity contribution in [3.63, 3.8) is 0 Å². The third kappa shape index (κ3) is 11.8. The van der Waals surface area contributed by atoms with Crippen LogP contribution in [0.15, 0.2) is 72.8 Å². The summed E-state index contributed by atoms with van der Waals surface area (Å²) in [6.45, 7) is 29.9. The largest absolute Gasteiger partial charge is 0.508 e. The summed E-state index contributed by atoms with van der Waals surface area (Å²) in [5, 5.41) is 41.2. The van der Waals surface area contributed by atoms with E-state index >= 15 is 0 Å². The fourth-order valence-electron chi connectivity index (χ4n) is 6.55. The number of hydrogen-bond acceptors (Lipinski definition) is 8. The SMILES string of the molecule is CCOc1c(C(C)(C)C)cc(C(C)(C)C)c(O)c1C=CC(=O)c1ccc(O)cc1.CCOc1c(C(C)(C)CC)cc(C(C)(C)CC)c(O)c1C=CC(=O)c1ccc(O)cc1. The Kier molecular flexibility index (Phi) is 16.1. The first kappa shape index (κ1) is 48.9. The first-order chi connectivity index (χ1) is 27.8. The van der Waals surface area contributed by atoms with E-state index in [2.05, 4.69) is 68.4 Å². The van der Waals surface area contributed by atoms with Crippen LogP contribution in [0, 0.1) is 0 Å². The molecule has 0 heterocycles. The van der Waals surface area contributed by atoms with Gasteiger partial charge in [0.05, 0.1) is 24.3 Å². The molecular weight excluding hydrogens is 753 g/mol. The van der Waals surface area contributed by atoms with Crippen LogP contribution in [0.25, 0.3) is 12.2 Å². The number of phenolic OH excluding ortho intramolecular Hbond substituents is 4. The van der Waals surface area contributed by atoms with E-state index in [1.165, 1.54) is 36.4 Å². The molecule has 0 aliphatic carbocycles. The molecule has 0 aliphatic heterocycles. The van der Waals surface area contributed by atoms with Crippen LogP contribution < -0.4 is 9.47 Å². The minimum absolute atomic E-state index is 0.106. The van der Waals surface area contributed by atoms with Crippen LogP contribution in [0.1, 0.15) is 164 Å². The number of hydrogen-bond donors (Lipinski definition) is 4. The lowest BCUT2D eigenvalue weighted by Crippen LogP contribution is -2.22. The van der Waals surface area contributed by atoms with Gasteiger partial charge in [0.15, 0.2) is 11.6 Å². The van der Waals surface area contributed by atoms with Gasteiger partial charge in [0.1, 0.15) is 34.5 Å². The fraction of sp³-hybridized carbons (Fsp3) is 0.423. The van der Waals surface area contributed by atoms with Gasteiger partial charge in [0, 0.05) is 33.4 Å². The number of phenols is 4. The predicted octanol–water partition coefficient (Wildman–Crippen LogP) is 12.8. The minimum atomic E-state index is -0.279. The summed E-state index contributed by atoms with van der Waals surface area (Å²) in [6.07, 6.45) is 7.92. The molecular formula is C52H68O8. The summed E-state index contributed by atoms with van der Waals surface area (Å²) in [4.78, 5) is 25.3. The van der Waals surface area contributed by atoms with Crippen LogP contribution >= 0.6 is 0 Å². The summed E-state index contributed by atoms with van der Waals surface area (Å²) in [6, 6.07) is 16.3. The maximum Gasteiger partial charge on any atom is 0.185 e. The average Bonchev–Trinajstić information content (AvgIpc) is 3.17. The highest BCUT2D eigenvalue weighted by molar-refractivity contribution is 6.08. The average molecular weight is 821 g/mol. The van der Waals surface area contributed by atoms with E-state index in [4.69, 9.17) is 9.47 Å². The molecule has 0 spiro atoms. The van der Waals surface area contributed by atoms with Gasteiger partial charge in [0.2, 0.25) is 0 Å². The molecule has 0 saturated heterocycles. The van der Waals surface area contributed by atoms with Crippen LogP contribution in [0.2, 0.25) is 0 Å². The second-order valence-corrected chi connectivity index (χ2v) is 18.5. The zero-order valence-electron chi connectivity index (χ0n) is 38.3. The molecule has 4 aromatic rings. The van der Waals surface area contributed by atoms with Gasteiger partial charge in [-0.3, -0.25) is 9.59 Å². The number of ether oxygens (including phenoxy) is 2. The highest BCUT2D eigenvalue weighted by atomic mass is 16.5. The van der Waals surface area contributed by atoms with Gasteiger partial charge in [-0.05, 0) is 133 Å². The highest BCUT2D eigenvalue weighted by Crippen LogP contribution is 2.48. The Bertz CT molecular complexity index is 2170. The van der Waals surface area contributed by atoms with Crippen LogP contribution in [0.5, 0.6) is 34.5 Å². The summed E-state index contributed by atoms with van der Waals surface area (Å²) in [5.74, 6) is 1.29. The molecule has 0 aliphatic rings. The van der Waals surface area contributed by atoms with Gasteiger partial charge in [-0.25, -0.2) is 0 Å². The molecule has 4 rings (SSSR count). The fourth-order valence-corrected chi connectivity index (χ4v) is 6.55. The van der Waals surface area contributed by atoms with E-state index in [0.717, 1.165) is 35.1 Å². The molecule has 0 atom stereocenters. The first-order valence-corrected chi connectivity index (χ1v) is 20.9. The van der Waals surface area contributed by atoms with Crippen molar-refractivity contribution < 1.29 is 39.5 Å². The van der Waals surface area contributed by atoms with Crippen molar-refractivity contribution in [3.8, 4) is 34.5 Å². The van der Waals surface area contributed by atoms with E-state index in [0.29, 0.717) is 47.0 Å². The zero-order valence-corrected chi connectivity index (χ0v) is 38.3. The van der Waals surface area contributed by atoms with Crippen LogP contribution in [0.4, 0.5) is 0 Å². The normalized spacial score (nSPS) is 12.4. The molecule has 0 fully saturated rings. The highest BCUT2D eigenvalue weighted by Gasteiger charge is 2.33. The lowest BCUT2D eigenvalue weighted by atomic mass is 9.74. The van der Waals surface area contributed by atoms with Crippen molar-refractivity contribution in [1.29, 1.82) is 0 Å². The van der Waals surface area contributed by atoms with Crippen molar-refractivity contribution in [1.82, 2.24) is 0 Å². The van der Waals surface area contributed by atoms with Crippen molar-refractivity contribution in [3.05, 3.63) is 117 Å². The van der Waals surface area contributed by atoms with E-state index < -0.39 is 0 Å². The van der Waals surface area contributed by atoms with Gasteiger partial charge in [-0.2, -0.15) is 0 Å². The smallest absolute Gasteiger partial charge is 0.185 e. The summed E-state index contributed by atoms with van der Waals surface area (Å²) >= 11 is 0. The molecule has 0 unspecified atom stereocenters. The number of benzene rings is 4. The lowest BCUT2D eigenvalue weighted by Gasteiger charge is -2.32. The molecule has 0 amide bonds. The Morgan fingerprint density at radius 1 is 0.500 bits per heavy atom. The molecule has 324 valence electrons. The Hall–Kier alpha value is -5.50. The quantitative estimate of drug-likeness (QED) is 0.0730. The van der Waals surface area contributed by atoms with Crippen molar-refractivity contribution in [2.45, 2.75) is 131 Å². The van der Waals surface area contributed by atoms with Crippen LogP contribution in [-0.2, 0) is 21.7 Å². The van der Waals surface area contributed by atoms with Crippen molar-refractivity contribution in [2.75, 3.05) is 13.2 Å². The molecule has 4 aromatic carbocycles. The van der Waals surface area contributed by atoms with Crippen LogP contribution in [0.3, 0.4) is 0 Å². The Balaban J connectivity index is 0.000000321. The maximum atomic E-state index is 12.7. The molecule has 0 radical (unpaired) electrons. The monoisotopic (exact) mass is 820 g/mol. The van der Waals surface area contributed by atoms with Crippen molar-refractivity contribution >= 4 is 23.7 Å². The molecule has 8 heteroatoms. The standard InChI is InChI=1S/C27H36O4.C25H32O4/c1-8-26(4,5)21-17-22(27(6,7)9-2)25(31-10-3)20(24(21)30)15-16-23(29)18-11-13-19(28)14-12-18;1-8-29-23-18(13-14-21(27)16-9-11-17(26)12-10-16)22(28)19(24(2,3)4)15-20(23)25(5,6)7/h11-17,28,30H,8-10H2,1-7H3;9-15,26,28H,8H2,1-7H3. The predicted molar refractivity (Wildman–Crippen MR) is 246 cm³/mol. The number of carbonyl (C=O) groups excluding carboxylic acids is 2. The maximum absolute atomic E-state index is 12.7. The van der Waals surface area contributed by atoms with Gasteiger partial charge in [-0.15, -0.1) is 0 Å². The Labute approximate surface area is 358 Å². The Morgan fingerprint density at radius 3 is 1.18 bits per heavy atom. The zero-order chi connectivity index (χ0) is 45.4. The Morgan fingerprint density at radius 2 is 0.833 bits per heavy atom. The lowest BCUT2D eigenvalue weighted by molar-refractivity contribution is 0.103. The van der Waals surface area contributed by atoms with E-state index in [9.17, 15) is 30.0 Å². The topological polar surface area (TPSA) is 134 Å². The van der Waals surface area contributed by atoms with Crippen LogP contribution in [-0.4, -0.2) is 45.2 Å². The number of carbonyl (C=O) groups is 2. The van der Waals surface area contributed by atoms with Gasteiger partial charge in [0.25, 0.3) is 0 Å². The third-order valence-corrected chi connectivity index (χ3v) is 11.1. The molecule has 0 bridgehead atoms. The van der Waals surface area contributed by atoms with E-state index in [1.807, 2.05) is 40.7 Å². The van der Waals surface area contributed by atoms with E-state index in [-0.39, 0.29) is 56.2 Å². The number of allylic oxidation sites excluding steroid dienone is 2. The molecule has 60 heavy (non-hydrogen) atoms. The number of aromatic hydroxyl groups is 4. The summed E-state index contributed by atoms with van der Waals surface area (Å²) in [5.41, 5.74) is 4.75. The third-order valence-electron chi connectivity index (χ3n) is 11.1. The molecule has 4 N–H and O–H groups in total. The summed E-state index contributed by atoms with van der Waals surface area (Å²) < 4.78 is 12.0. The number of ketones is 2. The molecule has 0 saturated carbocycles. The first-order valence-electron chi connectivity index (χ1n) is 20.9.